The van der Waals surface area contributed by atoms with Gasteiger partial charge in [-0.05, 0) is 37.2 Å². The first-order valence-electron chi connectivity index (χ1n) is 10.6. The van der Waals surface area contributed by atoms with Crippen LogP contribution in [0.5, 0.6) is 0 Å². The molecule has 0 aliphatic rings. The average Bonchev–Trinajstić information content (AvgIpc) is 2.52. The van der Waals surface area contributed by atoms with Crippen LogP contribution in [0.4, 0.5) is 0 Å². The van der Waals surface area contributed by atoms with E-state index in [9.17, 15) is 0 Å². The van der Waals surface area contributed by atoms with Crippen LogP contribution in [0.25, 0.3) is 0 Å². The quantitative estimate of drug-likeness (QED) is 0.172. The van der Waals surface area contributed by atoms with Crippen LogP contribution in [-0.4, -0.2) is 5.84 Å². The van der Waals surface area contributed by atoms with Crippen LogP contribution in [0.2, 0.25) is 0 Å². The zero-order chi connectivity index (χ0) is 18.2. The Kier molecular flexibility index (Phi) is 15.2. The fraction of sp³-hybridized carbons (Fsp3) is 0.864. The SMILES string of the molecule is CCCCCCCCC(CCCCCCCC)=C(C(=N)N)C(C)C. The fourth-order valence-corrected chi connectivity index (χ4v) is 3.54. The second kappa shape index (κ2) is 15.7. The molecule has 0 heterocycles. The van der Waals surface area contributed by atoms with E-state index in [0.29, 0.717) is 11.8 Å². The largest absolute Gasteiger partial charge is 0.384 e. The second-order valence-corrected chi connectivity index (χ2v) is 7.62. The van der Waals surface area contributed by atoms with Crippen molar-refractivity contribution in [3.63, 3.8) is 0 Å². The number of amidine groups is 1. The minimum Gasteiger partial charge on any atom is -0.384 e. The molecule has 24 heavy (non-hydrogen) atoms. The van der Waals surface area contributed by atoms with Crippen molar-refractivity contribution in [2.75, 3.05) is 0 Å². The van der Waals surface area contributed by atoms with Gasteiger partial charge < -0.3 is 5.73 Å². The number of nitrogens with one attached hydrogen (secondary N) is 1. The summed E-state index contributed by atoms with van der Waals surface area (Å²) in [6.45, 7) is 8.89. The summed E-state index contributed by atoms with van der Waals surface area (Å²) in [6.07, 6.45) is 18.3. The highest BCUT2D eigenvalue weighted by molar-refractivity contribution is 5.95. The van der Waals surface area contributed by atoms with Gasteiger partial charge in [0.25, 0.3) is 0 Å². The van der Waals surface area contributed by atoms with E-state index in [1.165, 1.54) is 82.6 Å². The Hall–Kier alpha value is -0.790. The maximum atomic E-state index is 7.97. The Balaban J connectivity index is 4.44. The second-order valence-electron chi connectivity index (χ2n) is 7.62. The Bertz CT molecular complexity index is 324. The van der Waals surface area contributed by atoms with Gasteiger partial charge in [0.1, 0.15) is 5.84 Å². The average molecular weight is 337 g/mol. The monoisotopic (exact) mass is 336 g/mol. The predicted octanol–water partition coefficient (Wildman–Crippen LogP) is 7.38. The zero-order valence-corrected chi connectivity index (χ0v) is 17.1. The molecule has 3 N–H and O–H groups in total. The molecule has 0 amide bonds. The van der Waals surface area contributed by atoms with Gasteiger partial charge in [-0.2, -0.15) is 0 Å². The molecule has 0 spiro atoms. The Labute approximate surface area is 152 Å². The first-order chi connectivity index (χ1) is 11.5. The molecule has 0 aromatic rings. The van der Waals surface area contributed by atoms with Gasteiger partial charge in [0.05, 0.1) is 0 Å². The Morgan fingerprint density at radius 3 is 1.42 bits per heavy atom. The smallest absolute Gasteiger partial charge is 0.118 e. The van der Waals surface area contributed by atoms with Crippen molar-refractivity contribution < 1.29 is 0 Å². The summed E-state index contributed by atoms with van der Waals surface area (Å²) in [7, 11) is 0. The lowest BCUT2D eigenvalue weighted by atomic mass is 9.89. The highest BCUT2D eigenvalue weighted by atomic mass is 14.7. The molecule has 142 valence electrons. The number of rotatable bonds is 16. The molecule has 0 rings (SSSR count). The molecule has 0 bridgehead atoms. The third kappa shape index (κ3) is 11.7. The molecule has 2 heteroatoms. The van der Waals surface area contributed by atoms with Crippen LogP contribution in [0.3, 0.4) is 0 Å². The standard InChI is InChI=1S/C22H44N2/c1-5-7-9-11-13-15-17-20(21(19(3)4)22(23)24)18-16-14-12-10-8-6-2/h19H,5-18H2,1-4H3,(H3,23,24). The van der Waals surface area contributed by atoms with Gasteiger partial charge in [-0.25, -0.2) is 0 Å². The van der Waals surface area contributed by atoms with E-state index >= 15 is 0 Å². The van der Waals surface area contributed by atoms with Gasteiger partial charge in [0.15, 0.2) is 0 Å². The van der Waals surface area contributed by atoms with Crippen LogP contribution in [-0.2, 0) is 0 Å². The number of allylic oxidation sites excluding steroid dienone is 1. The molecule has 0 radical (unpaired) electrons. The van der Waals surface area contributed by atoms with E-state index in [1.54, 1.807) is 0 Å². The summed E-state index contributed by atoms with van der Waals surface area (Å²) >= 11 is 0. The lowest BCUT2D eigenvalue weighted by Crippen LogP contribution is -2.19. The van der Waals surface area contributed by atoms with Crippen molar-refractivity contribution in [2.45, 2.75) is 118 Å². The first kappa shape index (κ1) is 23.2. The summed E-state index contributed by atoms with van der Waals surface area (Å²) in [5, 5.41) is 7.97. The summed E-state index contributed by atoms with van der Waals surface area (Å²) in [5.74, 6) is 0.676. The van der Waals surface area contributed by atoms with Crippen molar-refractivity contribution in [1.82, 2.24) is 0 Å². The fourth-order valence-electron chi connectivity index (χ4n) is 3.54. The van der Waals surface area contributed by atoms with Gasteiger partial charge in [-0.3, -0.25) is 5.41 Å². The summed E-state index contributed by atoms with van der Waals surface area (Å²) < 4.78 is 0. The first-order valence-corrected chi connectivity index (χ1v) is 10.6. The van der Waals surface area contributed by atoms with Crippen molar-refractivity contribution in [1.29, 1.82) is 5.41 Å². The third-order valence-electron chi connectivity index (χ3n) is 4.91. The molecule has 0 aliphatic carbocycles. The minimum atomic E-state index is 0.303. The summed E-state index contributed by atoms with van der Waals surface area (Å²) in [5.41, 5.74) is 8.52. The highest BCUT2D eigenvalue weighted by Gasteiger charge is 2.13. The zero-order valence-electron chi connectivity index (χ0n) is 17.1. The van der Waals surface area contributed by atoms with E-state index in [4.69, 9.17) is 11.1 Å². The normalized spacial score (nSPS) is 11.0. The van der Waals surface area contributed by atoms with Crippen LogP contribution in [0.15, 0.2) is 11.1 Å². The molecule has 2 nitrogen and oxygen atoms in total. The van der Waals surface area contributed by atoms with Gasteiger partial charge in [0.2, 0.25) is 0 Å². The van der Waals surface area contributed by atoms with Crippen LogP contribution in [0, 0.1) is 11.3 Å². The molecule has 0 fully saturated rings. The molecule has 0 saturated heterocycles. The third-order valence-corrected chi connectivity index (χ3v) is 4.91. The molecule has 0 aliphatic heterocycles. The molecular weight excluding hydrogens is 292 g/mol. The van der Waals surface area contributed by atoms with E-state index in [2.05, 4.69) is 27.7 Å². The van der Waals surface area contributed by atoms with Gasteiger partial charge in [0, 0.05) is 0 Å². The van der Waals surface area contributed by atoms with Crippen molar-refractivity contribution in [3.05, 3.63) is 11.1 Å². The van der Waals surface area contributed by atoms with Crippen molar-refractivity contribution >= 4 is 5.84 Å². The number of hydrogen-bond donors (Lipinski definition) is 2. The van der Waals surface area contributed by atoms with E-state index in [0.717, 1.165) is 18.4 Å². The van der Waals surface area contributed by atoms with E-state index in [1.807, 2.05) is 0 Å². The van der Waals surface area contributed by atoms with Crippen LogP contribution < -0.4 is 5.73 Å². The van der Waals surface area contributed by atoms with Gasteiger partial charge >= 0.3 is 0 Å². The maximum Gasteiger partial charge on any atom is 0.118 e. The molecular formula is C22H44N2. The van der Waals surface area contributed by atoms with Crippen molar-refractivity contribution in [3.8, 4) is 0 Å². The molecule has 0 aromatic carbocycles. The molecule has 0 aromatic heterocycles. The summed E-state index contributed by atoms with van der Waals surface area (Å²) in [4.78, 5) is 0. The van der Waals surface area contributed by atoms with E-state index in [-0.39, 0.29) is 0 Å². The number of unbranched alkanes of at least 4 members (excludes halogenated alkanes) is 10. The van der Waals surface area contributed by atoms with Crippen LogP contribution >= 0.6 is 0 Å². The predicted molar refractivity (Wildman–Crippen MR) is 110 cm³/mol. The van der Waals surface area contributed by atoms with Crippen LogP contribution in [0.1, 0.15) is 118 Å². The Morgan fingerprint density at radius 2 is 1.08 bits per heavy atom. The number of nitrogens with two attached hydrogens (primary N) is 1. The van der Waals surface area contributed by atoms with Gasteiger partial charge in [-0.1, -0.05) is 97.5 Å². The number of hydrogen-bond acceptors (Lipinski definition) is 1. The topological polar surface area (TPSA) is 49.9 Å². The highest BCUT2D eigenvalue weighted by Crippen LogP contribution is 2.25. The minimum absolute atomic E-state index is 0.303. The maximum absolute atomic E-state index is 7.97. The molecule has 0 unspecified atom stereocenters. The van der Waals surface area contributed by atoms with Gasteiger partial charge in [-0.15, -0.1) is 0 Å². The molecule has 0 saturated carbocycles. The Morgan fingerprint density at radius 1 is 0.708 bits per heavy atom. The molecule has 0 atom stereocenters. The lowest BCUT2D eigenvalue weighted by molar-refractivity contribution is 0.578. The summed E-state index contributed by atoms with van der Waals surface area (Å²) in [6, 6.07) is 0. The lowest BCUT2D eigenvalue weighted by Gasteiger charge is -2.18. The van der Waals surface area contributed by atoms with E-state index < -0.39 is 0 Å². The van der Waals surface area contributed by atoms with Crippen molar-refractivity contribution in [2.24, 2.45) is 11.7 Å².